The average molecular weight is 348 g/mol. The van der Waals surface area contributed by atoms with Crippen molar-refractivity contribution in [3.8, 4) is 11.3 Å². The summed E-state index contributed by atoms with van der Waals surface area (Å²) in [6.07, 6.45) is 2.24. The van der Waals surface area contributed by atoms with E-state index in [1.807, 2.05) is 28.8 Å². The summed E-state index contributed by atoms with van der Waals surface area (Å²) in [6, 6.07) is 9.24. The number of benzene rings is 1. The Kier molecular flexibility index (Phi) is 3.93. The Bertz CT molecular complexity index is 855. The van der Waals surface area contributed by atoms with Crippen molar-refractivity contribution >= 4 is 28.8 Å². The van der Waals surface area contributed by atoms with Gasteiger partial charge in [-0.05, 0) is 49.7 Å². The molecule has 1 aliphatic heterocycles. The zero-order chi connectivity index (χ0) is 15.8. The summed E-state index contributed by atoms with van der Waals surface area (Å²) in [7, 11) is 0. The molecule has 0 aliphatic carbocycles. The van der Waals surface area contributed by atoms with Gasteiger partial charge in [0.1, 0.15) is 0 Å². The number of hydrogen-bond acceptors (Lipinski definition) is 4. The van der Waals surface area contributed by atoms with Crippen LogP contribution in [-0.4, -0.2) is 32.9 Å². The molecule has 1 aliphatic rings. The smallest absolute Gasteiger partial charge is 0.177 e. The lowest BCUT2D eigenvalue weighted by atomic mass is 9.99. The molecule has 3 heterocycles. The van der Waals surface area contributed by atoms with E-state index in [1.54, 1.807) is 6.07 Å². The number of nitrogens with one attached hydrogen (secondary N) is 1. The molecule has 0 spiro atoms. The molecule has 1 N–H and O–H groups in total. The van der Waals surface area contributed by atoms with E-state index in [-0.39, 0.29) is 0 Å². The molecule has 23 heavy (non-hydrogen) atoms. The second kappa shape index (κ2) is 6.07. The zero-order valence-corrected chi connectivity index (χ0v) is 13.8. The van der Waals surface area contributed by atoms with E-state index in [4.69, 9.17) is 28.3 Å². The maximum absolute atomic E-state index is 6.30. The second-order valence-electron chi connectivity index (χ2n) is 5.71. The Morgan fingerprint density at radius 1 is 1.13 bits per heavy atom. The van der Waals surface area contributed by atoms with E-state index in [2.05, 4.69) is 15.5 Å². The van der Waals surface area contributed by atoms with E-state index in [9.17, 15) is 0 Å². The molecule has 0 radical (unpaired) electrons. The zero-order valence-electron chi connectivity index (χ0n) is 12.3. The van der Waals surface area contributed by atoms with Crippen LogP contribution in [0.25, 0.3) is 16.9 Å². The van der Waals surface area contributed by atoms with Crippen LogP contribution >= 0.6 is 23.2 Å². The third-order valence-corrected chi connectivity index (χ3v) is 4.70. The fourth-order valence-corrected chi connectivity index (χ4v) is 3.48. The molecular formula is C16H15Cl2N5. The Morgan fingerprint density at radius 2 is 2.04 bits per heavy atom. The minimum Gasteiger partial charge on any atom is -0.316 e. The molecule has 118 valence electrons. The molecule has 0 bridgehead atoms. The van der Waals surface area contributed by atoms with Gasteiger partial charge in [-0.1, -0.05) is 23.2 Å². The van der Waals surface area contributed by atoms with Gasteiger partial charge >= 0.3 is 0 Å². The van der Waals surface area contributed by atoms with Crippen LogP contribution in [-0.2, 0) is 0 Å². The molecule has 7 heteroatoms. The third-order valence-electron chi connectivity index (χ3n) is 4.16. The van der Waals surface area contributed by atoms with Crippen LogP contribution in [0.5, 0.6) is 0 Å². The first-order valence-corrected chi connectivity index (χ1v) is 8.36. The minimum absolute atomic E-state index is 0.335. The van der Waals surface area contributed by atoms with Crippen molar-refractivity contribution in [2.24, 2.45) is 0 Å². The number of piperidine rings is 1. The molecule has 1 unspecified atom stereocenters. The standard InChI is InChI=1S/C16H15Cl2N5/c17-11-3-4-12(13(18)8-11)14-5-6-15-20-21-16(23(15)22-14)10-2-1-7-19-9-10/h3-6,8,10,19H,1-2,7,9H2. The first kappa shape index (κ1) is 14.9. The lowest BCUT2D eigenvalue weighted by molar-refractivity contribution is 0.440. The van der Waals surface area contributed by atoms with Crippen molar-refractivity contribution in [2.75, 3.05) is 13.1 Å². The van der Waals surface area contributed by atoms with Crippen LogP contribution in [0, 0.1) is 0 Å². The van der Waals surface area contributed by atoms with E-state index in [0.29, 0.717) is 16.0 Å². The van der Waals surface area contributed by atoms with Gasteiger partial charge in [-0.2, -0.15) is 9.61 Å². The molecule has 5 nitrogen and oxygen atoms in total. The summed E-state index contributed by atoms with van der Waals surface area (Å²) in [6.45, 7) is 1.97. The fraction of sp³-hybridized carbons (Fsp3) is 0.312. The molecule has 1 fully saturated rings. The highest BCUT2D eigenvalue weighted by Crippen LogP contribution is 2.29. The number of rotatable bonds is 2. The van der Waals surface area contributed by atoms with Crippen LogP contribution in [0.2, 0.25) is 10.0 Å². The summed E-state index contributed by atoms with van der Waals surface area (Å²) in [4.78, 5) is 0. The summed E-state index contributed by atoms with van der Waals surface area (Å²) in [5.41, 5.74) is 2.38. The summed E-state index contributed by atoms with van der Waals surface area (Å²) in [5, 5.41) is 17.9. The SMILES string of the molecule is Clc1ccc(-c2ccc3nnc(C4CCCNC4)n3n2)c(Cl)c1. The molecule has 0 amide bonds. The molecule has 2 aromatic heterocycles. The van der Waals surface area contributed by atoms with Crippen molar-refractivity contribution in [2.45, 2.75) is 18.8 Å². The average Bonchev–Trinajstić information content (AvgIpc) is 2.99. The molecule has 0 saturated carbocycles. The van der Waals surface area contributed by atoms with Crippen molar-refractivity contribution in [1.82, 2.24) is 25.1 Å². The van der Waals surface area contributed by atoms with Gasteiger partial charge in [0.25, 0.3) is 0 Å². The van der Waals surface area contributed by atoms with Gasteiger partial charge in [-0.3, -0.25) is 0 Å². The second-order valence-corrected chi connectivity index (χ2v) is 6.56. The van der Waals surface area contributed by atoms with Gasteiger partial charge in [0.15, 0.2) is 11.5 Å². The number of nitrogens with zero attached hydrogens (tertiary/aromatic N) is 4. The molecule has 4 rings (SSSR count). The van der Waals surface area contributed by atoms with Gasteiger partial charge in [-0.25, -0.2) is 0 Å². The van der Waals surface area contributed by atoms with E-state index < -0.39 is 0 Å². The summed E-state index contributed by atoms with van der Waals surface area (Å²) < 4.78 is 1.83. The number of hydrogen-bond donors (Lipinski definition) is 1. The van der Waals surface area contributed by atoms with Gasteiger partial charge in [0.05, 0.1) is 10.7 Å². The molecule has 1 saturated heterocycles. The number of fused-ring (bicyclic) bond motifs is 1. The van der Waals surface area contributed by atoms with Crippen molar-refractivity contribution < 1.29 is 0 Å². The van der Waals surface area contributed by atoms with Gasteiger partial charge in [0, 0.05) is 23.0 Å². The lowest BCUT2D eigenvalue weighted by Gasteiger charge is -2.20. The molecule has 1 aromatic carbocycles. The maximum Gasteiger partial charge on any atom is 0.177 e. The van der Waals surface area contributed by atoms with E-state index >= 15 is 0 Å². The monoisotopic (exact) mass is 347 g/mol. The maximum atomic E-state index is 6.30. The first-order valence-electron chi connectivity index (χ1n) is 7.61. The Morgan fingerprint density at radius 3 is 2.83 bits per heavy atom. The summed E-state index contributed by atoms with van der Waals surface area (Å²) >= 11 is 12.3. The van der Waals surface area contributed by atoms with Gasteiger partial charge in [-0.15, -0.1) is 10.2 Å². The van der Waals surface area contributed by atoms with Crippen LogP contribution in [0.3, 0.4) is 0 Å². The number of aromatic nitrogens is 4. The minimum atomic E-state index is 0.335. The first-order chi connectivity index (χ1) is 11.2. The van der Waals surface area contributed by atoms with E-state index in [1.165, 1.54) is 0 Å². The van der Waals surface area contributed by atoms with E-state index in [0.717, 1.165) is 48.7 Å². The Labute approximate surface area is 143 Å². The van der Waals surface area contributed by atoms with Crippen LogP contribution in [0.1, 0.15) is 24.6 Å². The topological polar surface area (TPSA) is 55.1 Å². The predicted molar refractivity (Wildman–Crippen MR) is 91.1 cm³/mol. The summed E-state index contributed by atoms with van der Waals surface area (Å²) in [5.74, 6) is 1.24. The van der Waals surface area contributed by atoms with Crippen LogP contribution < -0.4 is 5.32 Å². The molecular weight excluding hydrogens is 333 g/mol. The van der Waals surface area contributed by atoms with Crippen molar-refractivity contribution in [1.29, 1.82) is 0 Å². The lowest BCUT2D eigenvalue weighted by Crippen LogP contribution is -2.29. The number of halogens is 2. The Balaban J connectivity index is 1.80. The van der Waals surface area contributed by atoms with Crippen LogP contribution in [0.15, 0.2) is 30.3 Å². The van der Waals surface area contributed by atoms with Gasteiger partial charge in [0.2, 0.25) is 0 Å². The highest BCUT2D eigenvalue weighted by molar-refractivity contribution is 6.36. The van der Waals surface area contributed by atoms with Crippen LogP contribution in [0.4, 0.5) is 0 Å². The fourth-order valence-electron chi connectivity index (χ4n) is 2.97. The van der Waals surface area contributed by atoms with Crippen molar-refractivity contribution in [3.05, 3.63) is 46.2 Å². The highest BCUT2D eigenvalue weighted by atomic mass is 35.5. The van der Waals surface area contributed by atoms with Crippen molar-refractivity contribution in [3.63, 3.8) is 0 Å². The quantitative estimate of drug-likeness (QED) is 0.769. The predicted octanol–water partition coefficient (Wildman–Crippen LogP) is 3.57. The highest BCUT2D eigenvalue weighted by Gasteiger charge is 2.21. The molecule has 3 aromatic rings. The molecule has 1 atom stereocenters. The normalized spacial score (nSPS) is 18.4. The van der Waals surface area contributed by atoms with Gasteiger partial charge < -0.3 is 5.32 Å². The largest absolute Gasteiger partial charge is 0.316 e. The third kappa shape index (κ3) is 2.80. The Hall–Kier alpha value is -1.69.